The van der Waals surface area contributed by atoms with Gasteiger partial charge in [0.15, 0.2) is 5.78 Å². The molecule has 1 heterocycles. The Balaban J connectivity index is 0.00000134. The zero-order valence-electron chi connectivity index (χ0n) is 16.4. The molecule has 1 aromatic rings. The molecule has 2 N–H and O–H groups in total. The molecular weight excluding hydrogens is 316 g/mol. The topological polar surface area (TPSA) is 75.3 Å². The molecule has 5 nitrogen and oxygen atoms in total. The summed E-state index contributed by atoms with van der Waals surface area (Å²) < 4.78 is 0. The van der Waals surface area contributed by atoms with Crippen molar-refractivity contribution in [2.75, 3.05) is 12.4 Å². The molecule has 0 saturated carbocycles. The highest BCUT2D eigenvalue weighted by Gasteiger charge is 2.29. The lowest BCUT2D eigenvalue weighted by Gasteiger charge is -2.21. The van der Waals surface area contributed by atoms with Gasteiger partial charge in [-0.3, -0.25) is 19.7 Å². The molecule has 1 aromatic carbocycles. The maximum atomic E-state index is 12.5. The van der Waals surface area contributed by atoms with Crippen LogP contribution in [-0.4, -0.2) is 24.6 Å². The van der Waals surface area contributed by atoms with Gasteiger partial charge in [-0.05, 0) is 24.5 Å². The fourth-order valence-electron chi connectivity index (χ4n) is 2.73. The summed E-state index contributed by atoms with van der Waals surface area (Å²) in [6.45, 7) is 10.00. The van der Waals surface area contributed by atoms with Crippen LogP contribution in [0.3, 0.4) is 0 Å². The van der Waals surface area contributed by atoms with Crippen molar-refractivity contribution in [1.82, 2.24) is 5.32 Å². The first-order chi connectivity index (χ1) is 12.1. The van der Waals surface area contributed by atoms with E-state index in [1.165, 1.54) is 0 Å². The van der Waals surface area contributed by atoms with Crippen LogP contribution in [-0.2, 0) is 16.0 Å². The second kappa shape index (κ2) is 12.2. The van der Waals surface area contributed by atoms with Gasteiger partial charge in [0.25, 0.3) is 0 Å². The predicted octanol–water partition coefficient (Wildman–Crippen LogP) is 3.97. The van der Waals surface area contributed by atoms with Gasteiger partial charge in [0.2, 0.25) is 11.8 Å². The Kier molecular flexibility index (Phi) is 11.2. The van der Waals surface area contributed by atoms with Gasteiger partial charge in [0, 0.05) is 37.1 Å². The van der Waals surface area contributed by atoms with Gasteiger partial charge >= 0.3 is 0 Å². The molecule has 140 valence electrons. The average Bonchev–Trinajstić information content (AvgIpc) is 2.66. The standard InChI is InChI=1S/C16H20N2O3.2C2H6/c1-3-11-12(5-4-6-13(11)17-2)14(19)9-10-7-8-15(20)18-16(10)21;2*1-2/h4-6,10,17H,3,7-9H2,1-2H3,(H,18,20,21);2*1-2H3. The predicted molar refractivity (Wildman–Crippen MR) is 103 cm³/mol. The normalized spacial score (nSPS) is 15.8. The number of ketones is 1. The van der Waals surface area contributed by atoms with Crippen LogP contribution in [0, 0.1) is 5.92 Å². The van der Waals surface area contributed by atoms with E-state index in [2.05, 4.69) is 10.6 Å². The zero-order valence-corrected chi connectivity index (χ0v) is 16.4. The van der Waals surface area contributed by atoms with Crippen molar-refractivity contribution < 1.29 is 14.4 Å². The Morgan fingerprint density at radius 1 is 1.20 bits per heavy atom. The van der Waals surface area contributed by atoms with Crippen LogP contribution in [0.4, 0.5) is 5.69 Å². The molecule has 1 saturated heterocycles. The van der Waals surface area contributed by atoms with Crippen LogP contribution in [0.1, 0.15) is 69.8 Å². The lowest BCUT2D eigenvalue weighted by molar-refractivity contribution is -0.136. The van der Waals surface area contributed by atoms with Gasteiger partial charge in [-0.25, -0.2) is 0 Å². The van der Waals surface area contributed by atoms with Crippen LogP contribution in [0.25, 0.3) is 0 Å². The van der Waals surface area contributed by atoms with Gasteiger partial charge in [-0.1, -0.05) is 46.8 Å². The maximum Gasteiger partial charge on any atom is 0.230 e. The summed E-state index contributed by atoms with van der Waals surface area (Å²) in [7, 11) is 1.82. The van der Waals surface area contributed by atoms with Crippen molar-refractivity contribution in [3.63, 3.8) is 0 Å². The monoisotopic (exact) mass is 348 g/mol. The molecule has 1 unspecified atom stereocenters. The summed E-state index contributed by atoms with van der Waals surface area (Å²) >= 11 is 0. The summed E-state index contributed by atoms with van der Waals surface area (Å²) in [5, 5.41) is 5.38. The highest BCUT2D eigenvalue weighted by Crippen LogP contribution is 2.25. The fourth-order valence-corrected chi connectivity index (χ4v) is 2.73. The molecular formula is C20H32N2O3. The number of rotatable bonds is 5. The van der Waals surface area contributed by atoms with Crippen LogP contribution < -0.4 is 10.6 Å². The molecule has 1 fully saturated rings. The van der Waals surface area contributed by atoms with Crippen LogP contribution in [0.2, 0.25) is 0 Å². The van der Waals surface area contributed by atoms with E-state index in [0.29, 0.717) is 18.4 Å². The van der Waals surface area contributed by atoms with E-state index in [9.17, 15) is 14.4 Å². The first-order valence-electron chi connectivity index (χ1n) is 9.23. The second-order valence-corrected chi connectivity index (χ2v) is 5.21. The Hall–Kier alpha value is -2.17. The number of carbonyl (C=O) groups is 3. The Morgan fingerprint density at radius 3 is 2.36 bits per heavy atom. The summed E-state index contributed by atoms with van der Waals surface area (Å²) in [4.78, 5) is 35.4. The third kappa shape index (κ3) is 6.33. The highest BCUT2D eigenvalue weighted by atomic mass is 16.2. The smallest absolute Gasteiger partial charge is 0.230 e. The van der Waals surface area contributed by atoms with E-state index in [1.807, 2.05) is 53.8 Å². The molecule has 2 rings (SSSR count). The largest absolute Gasteiger partial charge is 0.388 e. The van der Waals surface area contributed by atoms with Gasteiger partial charge in [0.05, 0.1) is 0 Å². The number of carbonyl (C=O) groups excluding carboxylic acids is 3. The molecule has 0 radical (unpaired) electrons. The number of nitrogens with one attached hydrogen (secondary N) is 2. The number of Topliss-reactive ketones (excluding diaryl/α,β-unsaturated/α-hetero) is 1. The summed E-state index contributed by atoms with van der Waals surface area (Å²) in [5.74, 6) is -1.03. The molecule has 0 aliphatic carbocycles. The lowest BCUT2D eigenvalue weighted by Crippen LogP contribution is -2.41. The Labute approximate surface area is 151 Å². The van der Waals surface area contributed by atoms with E-state index < -0.39 is 5.92 Å². The zero-order chi connectivity index (χ0) is 19.4. The lowest BCUT2D eigenvalue weighted by atomic mass is 9.89. The van der Waals surface area contributed by atoms with Crippen molar-refractivity contribution in [3.05, 3.63) is 29.3 Å². The van der Waals surface area contributed by atoms with E-state index in [4.69, 9.17) is 0 Å². The molecule has 0 spiro atoms. The quantitative estimate of drug-likeness (QED) is 0.624. The second-order valence-electron chi connectivity index (χ2n) is 5.21. The van der Waals surface area contributed by atoms with Crippen molar-refractivity contribution in [2.45, 2.75) is 60.3 Å². The number of anilines is 1. The first kappa shape index (κ1) is 22.8. The van der Waals surface area contributed by atoms with Crippen LogP contribution in [0.15, 0.2) is 18.2 Å². The summed E-state index contributed by atoms with van der Waals surface area (Å²) in [5.41, 5.74) is 2.57. The third-order valence-electron chi connectivity index (χ3n) is 3.88. The van der Waals surface area contributed by atoms with Crippen molar-refractivity contribution in [2.24, 2.45) is 5.92 Å². The number of hydrogen-bond acceptors (Lipinski definition) is 4. The van der Waals surface area contributed by atoms with Crippen molar-refractivity contribution in [1.29, 1.82) is 0 Å². The van der Waals surface area contributed by atoms with Crippen LogP contribution in [0.5, 0.6) is 0 Å². The van der Waals surface area contributed by atoms with Crippen molar-refractivity contribution in [3.8, 4) is 0 Å². The molecule has 1 aliphatic heterocycles. The van der Waals surface area contributed by atoms with Crippen LogP contribution >= 0.6 is 0 Å². The minimum Gasteiger partial charge on any atom is -0.388 e. The number of piperidine rings is 1. The maximum absolute atomic E-state index is 12.5. The molecule has 25 heavy (non-hydrogen) atoms. The van der Waals surface area contributed by atoms with Gasteiger partial charge < -0.3 is 5.32 Å². The molecule has 1 aliphatic rings. The van der Waals surface area contributed by atoms with E-state index in [1.54, 1.807) is 6.07 Å². The van der Waals surface area contributed by atoms with Gasteiger partial charge in [-0.2, -0.15) is 0 Å². The average molecular weight is 348 g/mol. The van der Waals surface area contributed by atoms with Gasteiger partial charge in [0.1, 0.15) is 0 Å². The Morgan fingerprint density at radius 2 is 1.84 bits per heavy atom. The molecule has 0 aromatic heterocycles. The molecule has 0 bridgehead atoms. The minimum atomic E-state index is -0.404. The number of amides is 2. The van der Waals surface area contributed by atoms with E-state index >= 15 is 0 Å². The SMILES string of the molecule is CC.CC.CCc1c(NC)cccc1C(=O)CC1CCC(=O)NC1=O. The van der Waals surface area contributed by atoms with Crippen molar-refractivity contribution >= 4 is 23.3 Å². The molecule has 1 atom stereocenters. The first-order valence-corrected chi connectivity index (χ1v) is 9.23. The van der Waals surface area contributed by atoms with Gasteiger partial charge in [-0.15, -0.1) is 0 Å². The van der Waals surface area contributed by atoms with E-state index in [0.717, 1.165) is 17.7 Å². The fraction of sp³-hybridized carbons (Fsp3) is 0.550. The summed E-state index contributed by atoms with van der Waals surface area (Å²) in [6, 6.07) is 5.57. The number of imide groups is 1. The third-order valence-corrected chi connectivity index (χ3v) is 3.88. The summed E-state index contributed by atoms with van der Waals surface area (Å²) in [6.07, 6.45) is 1.65. The molecule has 5 heteroatoms. The Bertz CT molecular complexity index is 582. The highest BCUT2D eigenvalue weighted by molar-refractivity contribution is 6.04. The van der Waals surface area contributed by atoms with E-state index in [-0.39, 0.29) is 24.0 Å². The number of hydrogen-bond donors (Lipinski definition) is 2. The minimum absolute atomic E-state index is 0.0431. The molecule has 2 amide bonds. The number of benzene rings is 1.